The van der Waals surface area contributed by atoms with Crippen LogP contribution in [0, 0.1) is 0 Å². The lowest BCUT2D eigenvalue weighted by Crippen LogP contribution is -3.13. The van der Waals surface area contributed by atoms with E-state index in [1.165, 1.54) is 23.3 Å². The van der Waals surface area contributed by atoms with E-state index in [4.69, 9.17) is 16.3 Å². The van der Waals surface area contributed by atoms with Crippen LogP contribution in [0.25, 0.3) is 0 Å². The Morgan fingerprint density at radius 2 is 1.92 bits per heavy atom. The van der Waals surface area contributed by atoms with Crippen molar-refractivity contribution in [3.8, 4) is 5.75 Å². The molecule has 1 atom stereocenters. The molecule has 0 aliphatic heterocycles. The molecule has 1 amide bonds. The minimum atomic E-state index is 0.0651. The monoisotopic (exact) mass is 359 g/mol. The van der Waals surface area contributed by atoms with Crippen LogP contribution in [0.15, 0.2) is 48.5 Å². The van der Waals surface area contributed by atoms with E-state index in [0.29, 0.717) is 24.2 Å². The Morgan fingerprint density at radius 1 is 1.20 bits per heavy atom. The van der Waals surface area contributed by atoms with Crippen molar-refractivity contribution in [2.24, 2.45) is 0 Å². The lowest BCUT2D eigenvalue weighted by atomic mass is 10.2. The molecule has 0 spiro atoms. The number of hydrogen-bond acceptors (Lipinski definition) is 2. The number of hydrogen-bond donors (Lipinski definition) is 2. The Kier molecular flexibility index (Phi) is 5.95. The van der Waals surface area contributed by atoms with E-state index in [1.54, 1.807) is 7.11 Å². The summed E-state index contributed by atoms with van der Waals surface area (Å²) in [7, 11) is 1.67. The summed E-state index contributed by atoms with van der Waals surface area (Å²) in [6, 6.07) is 16.3. The average Bonchev–Trinajstić information content (AvgIpc) is 3.46. The molecular weight excluding hydrogens is 336 g/mol. The third kappa shape index (κ3) is 5.21. The Labute approximate surface area is 153 Å². The molecule has 5 heteroatoms. The molecule has 2 aromatic rings. The van der Waals surface area contributed by atoms with E-state index in [0.717, 1.165) is 17.9 Å². The number of nitrogens with one attached hydrogen (secondary N) is 2. The maximum atomic E-state index is 12.4. The molecule has 1 saturated carbocycles. The molecule has 1 unspecified atom stereocenters. The van der Waals surface area contributed by atoms with Crippen molar-refractivity contribution < 1.29 is 14.4 Å². The largest absolute Gasteiger partial charge is 0.497 e. The van der Waals surface area contributed by atoms with Crippen LogP contribution >= 0.6 is 11.6 Å². The van der Waals surface area contributed by atoms with Crippen LogP contribution in [0.5, 0.6) is 5.75 Å². The van der Waals surface area contributed by atoms with E-state index in [-0.39, 0.29) is 5.91 Å². The zero-order valence-corrected chi connectivity index (χ0v) is 15.2. The topological polar surface area (TPSA) is 42.8 Å². The van der Waals surface area contributed by atoms with Gasteiger partial charge in [-0.3, -0.25) is 4.79 Å². The van der Waals surface area contributed by atoms with Gasteiger partial charge in [-0.05, 0) is 35.9 Å². The van der Waals surface area contributed by atoms with Crippen molar-refractivity contribution in [3.63, 3.8) is 0 Å². The molecule has 1 aliphatic rings. The predicted octanol–water partition coefficient (Wildman–Crippen LogP) is 2.21. The van der Waals surface area contributed by atoms with Crippen molar-refractivity contribution in [1.82, 2.24) is 5.32 Å². The molecular formula is C20H24ClN2O2+. The van der Waals surface area contributed by atoms with Crippen molar-refractivity contribution >= 4 is 17.5 Å². The molecule has 0 heterocycles. The van der Waals surface area contributed by atoms with E-state index in [2.05, 4.69) is 17.4 Å². The molecule has 1 fully saturated rings. The van der Waals surface area contributed by atoms with Crippen LogP contribution in [0.1, 0.15) is 24.0 Å². The van der Waals surface area contributed by atoms with Crippen LogP contribution in [-0.4, -0.2) is 25.6 Å². The number of amides is 1. The summed E-state index contributed by atoms with van der Waals surface area (Å²) in [5.41, 5.74) is 2.17. The van der Waals surface area contributed by atoms with Crippen LogP contribution in [0.4, 0.5) is 0 Å². The fourth-order valence-corrected chi connectivity index (χ4v) is 3.16. The summed E-state index contributed by atoms with van der Waals surface area (Å²) >= 11 is 6.14. The molecule has 2 aromatic carbocycles. The first-order chi connectivity index (χ1) is 12.2. The lowest BCUT2D eigenvalue weighted by Gasteiger charge is -2.19. The maximum Gasteiger partial charge on any atom is 0.275 e. The highest BCUT2D eigenvalue weighted by Crippen LogP contribution is 2.17. The molecule has 25 heavy (non-hydrogen) atoms. The number of carbonyl (C=O) groups excluding carboxylic acids is 1. The number of halogens is 1. The number of methoxy groups -OCH3 is 1. The first kappa shape index (κ1) is 17.8. The van der Waals surface area contributed by atoms with Crippen molar-refractivity contribution in [2.75, 3.05) is 13.7 Å². The van der Waals surface area contributed by atoms with Crippen LogP contribution in [-0.2, 0) is 17.9 Å². The van der Waals surface area contributed by atoms with Gasteiger partial charge < -0.3 is 15.0 Å². The normalized spacial score (nSPS) is 14.8. The van der Waals surface area contributed by atoms with Gasteiger partial charge in [0.25, 0.3) is 5.91 Å². The summed E-state index contributed by atoms with van der Waals surface area (Å²) in [6.45, 7) is 1.81. The first-order valence-electron chi connectivity index (χ1n) is 8.63. The van der Waals surface area contributed by atoms with Crippen LogP contribution in [0.3, 0.4) is 0 Å². The van der Waals surface area contributed by atoms with Crippen LogP contribution in [0.2, 0.25) is 5.02 Å². The fourth-order valence-electron chi connectivity index (χ4n) is 2.95. The molecule has 2 N–H and O–H groups in total. The van der Waals surface area contributed by atoms with Crippen LogP contribution < -0.4 is 15.0 Å². The Balaban J connectivity index is 1.54. The summed E-state index contributed by atoms with van der Waals surface area (Å²) in [5.74, 6) is 0.921. The van der Waals surface area contributed by atoms with Gasteiger partial charge in [-0.25, -0.2) is 0 Å². The second kappa shape index (κ2) is 8.37. The van der Waals surface area contributed by atoms with E-state index < -0.39 is 0 Å². The summed E-state index contributed by atoms with van der Waals surface area (Å²) in [5, 5.41) is 3.68. The van der Waals surface area contributed by atoms with Gasteiger partial charge in [0.1, 0.15) is 12.3 Å². The minimum Gasteiger partial charge on any atom is -0.497 e. The third-order valence-electron chi connectivity index (χ3n) is 4.57. The number of ether oxygens (including phenoxy) is 1. The third-order valence-corrected chi connectivity index (χ3v) is 4.94. The van der Waals surface area contributed by atoms with Gasteiger partial charge in [0.2, 0.25) is 0 Å². The molecule has 132 valence electrons. The van der Waals surface area contributed by atoms with Gasteiger partial charge in [-0.1, -0.05) is 29.8 Å². The number of carbonyl (C=O) groups is 1. The van der Waals surface area contributed by atoms with E-state index >= 15 is 0 Å². The van der Waals surface area contributed by atoms with Gasteiger partial charge in [0, 0.05) is 30.0 Å². The fraction of sp³-hybridized carbons (Fsp3) is 0.350. The Morgan fingerprint density at radius 3 is 2.56 bits per heavy atom. The zero-order chi connectivity index (χ0) is 17.6. The zero-order valence-electron chi connectivity index (χ0n) is 14.4. The lowest BCUT2D eigenvalue weighted by molar-refractivity contribution is -0.917. The maximum absolute atomic E-state index is 12.4. The van der Waals surface area contributed by atoms with Gasteiger partial charge in [-0.2, -0.15) is 0 Å². The smallest absolute Gasteiger partial charge is 0.275 e. The molecule has 0 radical (unpaired) electrons. The summed E-state index contributed by atoms with van der Waals surface area (Å²) in [4.78, 5) is 13.7. The first-order valence-corrected chi connectivity index (χ1v) is 9.01. The highest BCUT2D eigenvalue weighted by molar-refractivity contribution is 6.31. The predicted molar refractivity (Wildman–Crippen MR) is 98.8 cm³/mol. The molecule has 3 rings (SSSR count). The van der Waals surface area contributed by atoms with Gasteiger partial charge >= 0.3 is 0 Å². The standard InChI is InChI=1S/C20H23ClN2O2/c1-25-18-10-6-15(7-11-18)13-23(17-8-9-17)14-20(24)22-12-16-4-2-3-5-19(16)21/h2-7,10-11,17H,8-9,12-14H2,1H3,(H,22,24)/p+1. The number of rotatable bonds is 8. The average molecular weight is 360 g/mol. The number of quaternary nitrogens is 1. The summed E-state index contributed by atoms with van der Waals surface area (Å²) in [6.07, 6.45) is 2.40. The van der Waals surface area contributed by atoms with Crippen molar-refractivity contribution in [1.29, 1.82) is 0 Å². The Hall–Kier alpha value is -2.04. The highest BCUT2D eigenvalue weighted by atomic mass is 35.5. The molecule has 0 saturated heterocycles. The second-order valence-corrected chi connectivity index (χ2v) is 6.91. The molecule has 0 bridgehead atoms. The van der Waals surface area contributed by atoms with Crippen molar-refractivity contribution in [2.45, 2.75) is 32.0 Å². The SMILES string of the molecule is COc1ccc(C[NH+](CC(=O)NCc2ccccc2Cl)C2CC2)cc1. The second-order valence-electron chi connectivity index (χ2n) is 6.50. The summed E-state index contributed by atoms with van der Waals surface area (Å²) < 4.78 is 5.20. The molecule has 1 aliphatic carbocycles. The highest BCUT2D eigenvalue weighted by Gasteiger charge is 2.34. The minimum absolute atomic E-state index is 0.0651. The van der Waals surface area contributed by atoms with Crippen molar-refractivity contribution in [3.05, 3.63) is 64.7 Å². The Bertz CT molecular complexity index is 714. The quantitative estimate of drug-likeness (QED) is 0.759. The van der Waals surface area contributed by atoms with Gasteiger partial charge in [0.05, 0.1) is 13.2 Å². The molecule has 0 aromatic heterocycles. The van der Waals surface area contributed by atoms with Gasteiger partial charge in [0.15, 0.2) is 6.54 Å². The van der Waals surface area contributed by atoms with Gasteiger partial charge in [-0.15, -0.1) is 0 Å². The molecule has 4 nitrogen and oxygen atoms in total. The number of benzene rings is 2. The van der Waals surface area contributed by atoms with E-state index in [1.807, 2.05) is 36.4 Å². The van der Waals surface area contributed by atoms with E-state index in [9.17, 15) is 4.79 Å².